The predicted molar refractivity (Wildman–Crippen MR) is 59.3 cm³/mol. The molecule has 1 heterocycles. The summed E-state index contributed by atoms with van der Waals surface area (Å²) in [6, 6.07) is 7.47. The van der Waals surface area contributed by atoms with Gasteiger partial charge < -0.3 is 5.73 Å². The molecule has 0 aliphatic rings. The monoisotopic (exact) mass is 200 g/mol. The highest BCUT2D eigenvalue weighted by Crippen LogP contribution is 2.13. The SMILES string of the molecule is Cc1cnn(-c2ccccc2C(=N)N)c1. The van der Waals surface area contributed by atoms with Crippen molar-refractivity contribution in [1.82, 2.24) is 9.78 Å². The number of benzene rings is 1. The van der Waals surface area contributed by atoms with Gasteiger partial charge in [-0.15, -0.1) is 0 Å². The summed E-state index contributed by atoms with van der Waals surface area (Å²) in [6.07, 6.45) is 3.68. The van der Waals surface area contributed by atoms with Gasteiger partial charge in [-0.2, -0.15) is 5.10 Å². The molecule has 0 aliphatic heterocycles. The van der Waals surface area contributed by atoms with Gasteiger partial charge in [0, 0.05) is 11.8 Å². The van der Waals surface area contributed by atoms with E-state index >= 15 is 0 Å². The molecule has 2 aromatic rings. The van der Waals surface area contributed by atoms with Gasteiger partial charge in [0.1, 0.15) is 5.84 Å². The van der Waals surface area contributed by atoms with Crippen LogP contribution in [-0.2, 0) is 0 Å². The van der Waals surface area contributed by atoms with E-state index in [2.05, 4.69) is 5.10 Å². The van der Waals surface area contributed by atoms with E-state index in [0.29, 0.717) is 5.56 Å². The van der Waals surface area contributed by atoms with Crippen molar-refractivity contribution < 1.29 is 0 Å². The van der Waals surface area contributed by atoms with Gasteiger partial charge in [-0.1, -0.05) is 12.1 Å². The van der Waals surface area contributed by atoms with Crippen LogP contribution in [0.5, 0.6) is 0 Å². The molecule has 1 aromatic carbocycles. The van der Waals surface area contributed by atoms with Gasteiger partial charge in [-0.05, 0) is 24.6 Å². The van der Waals surface area contributed by atoms with Gasteiger partial charge in [-0.25, -0.2) is 4.68 Å². The number of hydrogen-bond acceptors (Lipinski definition) is 2. The highest BCUT2D eigenvalue weighted by atomic mass is 15.3. The molecule has 3 N–H and O–H groups in total. The number of para-hydroxylation sites is 1. The lowest BCUT2D eigenvalue weighted by Crippen LogP contribution is -2.14. The lowest BCUT2D eigenvalue weighted by Gasteiger charge is -2.07. The minimum atomic E-state index is 0.0544. The Morgan fingerprint density at radius 2 is 2.13 bits per heavy atom. The summed E-state index contributed by atoms with van der Waals surface area (Å²) in [5.41, 5.74) is 8.10. The molecule has 76 valence electrons. The summed E-state index contributed by atoms with van der Waals surface area (Å²) in [7, 11) is 0. The summed E-state index contributed by atoms with van der Waals surface area (Å²) in [5.74, 6) is 0.0544. The lowest BCUT2D eigenvalue weighted by molar-refractivity contribution is 0.877. The van der Waals surface area contributed by atoms with Gasteiger partial charge in [0.05, 0.1) is 11.9 Å². The first-order valence-corrected chi connectivity index (χ1v) is 4.63. The van der Waals surface area contributed by atoms with Crippen LogP contribution in [0.25, 0.3) is 5.69 Å². The molecule has 15 heavy (non-hydrogen) atoms. The highest BCUT2D eigenvalue weighted by Gasteiger charge is 2.06. The first-order valence-electron chi connectivity index (χ1n) is 4.63. The smallest absolute Gasteiger partial charge is 0.124 e. The third-order valence-electron chi connectivity index (χ3n) is 2.15. The van der Waals surface area contributed by atoms with Crippen LogP contribution in [0.15, 0.2) is 36.7 Å². The largest absolute Gasteiger partial charge is 0.384 e. The molecule has 4 heteroatoms. The van der Waals surface area contributed by atoms with Crippen molar-refractivity contribution in [2.24, 2.45) is 5.73 Å². The number of nitrogens with two attached hydrogens (primary N) is 1. The van der Waals surface area contributed by atoms with Crippen LogP contribution >= 0.6 is 0 Å². The van der Waals surface area contributed by atoms with Crippen LogP contribution in [0, 0.1) is 12.3 Å². The molecule has 0 spiro atoms. The Balaban J connectivity index is 2.57. The molecular weight excluding hydrogens is 188 g/mol. The first-order chi connectivity index (χ1) is 7.18. The van der Waals surface area contributed by atoms with Crippen molar-refractivity contribution in [2.45, 2.75) is 6.92 Å². The number of rotatable bonds is 2. The maximum atomic E-state index is 7.47. The Kier molecular flexibility index (Phi) is 2.25. The average Bonchev–Trinajstić information content (AvgIpc) is 2.65. The fraction of sp³-hybridized carbons (Fsp3) is 0.0909. The standard InChI is InChI=1S/C11H12N4/c1-8-6-14-15(7-8)10-5-3-2-4-9(10)11(12)13/h2-7H,1H3,(H3,12,13). The fourth-order valence-electron chi connectivity index (χ4n) is 1.45. The van der Waals surface area contributed by atoms with Crippen LogP contribution in [0.3, 0.4) is 0 Å². The van der Waals surface area contributed by atoms with E-state index in [1.54, 1.807) is 10.9 Å². The molecule has 0 aliphatic carbocycles. The molecule has 0 saturated heterocycles. The number of hydrogen-bond donors (Lipinski definition) is 2. The van der Waals surface area contributed by atoms with E-state index in [1.807, 2.05) is 37.4 Å². The maximum absolute atomic E-state index is 7.47. The summed E-state index contributed by atoms with van der Waals surface area (Å²) < 4.78 is 1.73. The zero-order valence-electron chi connectivity index (χ0n) is 8.44. The Hall–Kier alpha value is -2.10. The van der Waals surface area contributed by atoms with Gasteiger partial charge in [-0.3, -0.25) is 5.41 Å². The molecule has 2 rings (SSSR count). The third kappa shape index (κ3) is 1.74. The Morgan fingerprint density at radius 1 is 1.40 bits per heavy atom. The van der Waals surface area contributed by atoms with E-state index in [4.69, 9.17) is 11.1 Å². The van der Waals surface area contributed by atoms with Crippen molar-refractivity contribution in [1.29, 1.82) is 5.41 Å². The van der Waals surface area contributed by atoms with Crippen molar-refractivity contribution in [3.8, 4) is 5.69 Å². The second kappa shape index (κ2) is 3.57. The summed E-state index contributed by atoms with van der Waals surface area (Å²) in [4.78, 5) is 0. The summed E-state index contributed by atoms with van der Waals surface area (Å²) in [5, 5.41) is 11.7. The van der Waals surface area contributed by atoms with E-state index < -0.39 is 0 Å². The van der Waals surface area contributed by atoms with Crippen molar-refractivity contribution in [3.05, 3.63) is 47.8 Å². The molecule has 0 amide bonds. The van der Waals surface area contributed by atoms with Crippen LogP contribution in [-0.4, -0.2) is 15.6 Å². The highest BCUT2D eigenvalue weighted by molar-refractivity contribution is 5.98. The Morgan fingerprint density at radius 3 is 2.73 bits per heavy atom. The number of amidine groups is 1. The average molecular weight is 200 g/mol. The Labute approximate surface area is 87.9 Å². The van der Waals surface area contributed by atoms with E-state index in [1.165, 1.54) is 0 Å². The Bertz CT molecular complexity index is 499. The second-order valence-electron chi connectivity index (χ2n) is 3.39. The topological polar surface area (TPSA) is 67.7 Å². The number of nitrogens with zero attached hydrogens (tertiary/aromatic N) is 2. The van der Waals surface area contributed by atoms with Gasteiger partial charge in [0.15, 0.2) is 0 Å². The minimum absolute atomic E-state index is 0.0544. The first kappa shape index (κ1) is 9.45. The van der Waals surface area contributed by atoms with Crippen LogP contribution in [0.4, 0.5) is 0 Å². The second-order valence-corrected chi connectivity index (χ2v) is 3.39. The van der Waals surface area contributed by atoms with E-state index in [0.717, 1.165) is 11.3 Å². The van der Waals surface area contributed by atoms with E-state index in [9.17, 15) is 0 Å². The molecule has 0 bridgehead atoms. The summed E-state index contributed by atoms with van der Waals surface area (Å²) in [6.45, 7) is 1.97. The molecule has 0 fully saturated rings. The van der Waals surface area contributed by atoms with Gasteiger partial charge >= 0.3 is 0 Å². The predicted octanol–water partition coefficient (Wildman–Crippen LogP) is 1.46. The third-order valence-corrected chi connectivity index (χ3v) is 2.15. The minimum Gasteiger partial charge on any atom is -0.384 e. The zero-order chi connectivity index (χ0) is 10.8. The fourth-order valence-corrected chi connectivity index (χ4v) is 1.45. The number of aryl methyl sites for hydroxylation is 1. The zero-order valence-corrected chi connectivity index (χ0v) is 8.44. The number of nitrogen functional groups attached to an aromatic ring is 1. The summed E-state index contributed by atoms with van der Waals surface area (Å²) >= 11 is 0. The quantitative estimate of drug-likeness (QED) is 0.569. The molecule has 0 atom stereocenters. The molecule has 0 radical (unpaired) electrons. The van der Waals surface area contributed by atoms with Crippen LogP contribution < -0.4 is 5.73 Å². The molecule has 0 unspecified atom stereocenters. The molecule has 0 saturated carbocycles. The van der Waals surface area contributed by atoms with Crippen LogP contribution in [0.1, 0.15) is 11.1 Å². The van der Waals surface area contributed by atoms with Crippen molar-refractivity contribution in [2.75, 3.05) is 0 Å². The van der Waals surface area contributed by atoms with Gasteiger partial charge in [0.25, 0.3) is 0 Å². The number of aromatic nitrogens is 2. The van der Waals surface area contributed by atoms with Crippen LogP contribution in [0.2, 0.25) is 0 Å². The van der Waals surface area contributed by atoms with Crippen molar-refractivity contribution >= 4 is 5.84 Å². The van der Waals surface area contributed by atoms with Crippen molar-refractivity contribution in [3.63, 3.8) is 0 Å². The normalized spacial score (nSPS) is 10.2. The lowest BCUT2D eigenvalue weighted by atomic mass is 10.1. The molecule has 1 aromatic heterocycles. The maximum Gasteiger partial charge on any atom is 0.124 e. The van der Waals surface area contributed by atoms with Gasteiger partial charge in [0.2, 0.25) is 0 Å². The number of nitrogens with one attached hydrogen (secondary N) is 1. The molecular formula is C11H12N4. The van der Waals surface area contributed by atoms with E-state index in [-0.39, 0.29) is 5.84 Å². The molecule has 4 nitrogen and oxygen atoms in total.